The van der Waals surface area contributed by atoms with Gasteiger partial charge in [0.15, 0.2) is 0 Å². The standard InChI is InChI=1S/C17H14FN3O3/c1-21-17(23)14-5-3-2-4-13(14)15(20-21)7-16(22)24-10-11-6-12(18)9-19-8-11/h2-6,8-9H,7,10H2,1H3. The van der Waals surface area contributed by atoms with Gasteiger partial charge in [-0.25, -0.2) is 9.07 Å². The molecule has 0 aliphatic heterocycles. The molecule has 0 atom stereocenters. The number of halogens is 1. The number of carbonyl (C=O) groups excluding carboxylic acids is 1. The molecule has 24 heavy (non-hydrogen) atoms. The molecule has 0 N–H and O–H groups in total. The monoisotopic (exact) mass is 327 g/mol. The van der Waals surface area contributed by atoms with Crippen LogP contribution in [0.4, 0.5) is 4.39 Å². The highest BCUT2D eigenvalue weighted by atomic mass is 19.1. The molecule has 1 aromatic carbocycles. The van der Waals surface area contributed by atoms with Crippen molar-refractivity contribution >= 4 is 16.7 Å². The minimum Gasteiger partial charge on any atom is -0.460 e. The third-order valence-corrected chi connectivity index (χ3v) is 3.51. The van der Waals surface area contributed by atoms with Crippen molar-refractivity contribution in [2.45, 2.75) is 13.0 Å². The molecule has 3 rings (SSSR count). The number of pyridine rings is 1. The van der Waals surface area contributed by atoms with E-state index in [2.05, 4.69) is 10.1 Å². The summed E-state index contributed by atoms with van der Waals surface area (Å²) in [4.78, 5) is 27.8. The van der Waals surface area contributed by atoms with Crippen molar-refractivity contribution in [3.05, 3.63) is 70.2 Å². The minimum atomic E-state index is -0.518. The van der Waals surface area contributed by atoms with E-state index in [1.807, 2.05) is 0 Å². The Balaban J connectivity index is 1.78. The fraction of sp³-hybridized carbons (Fsp3) is 0.176. The van der Waals surface area contributed by atoms with E-state index in [1.54, 1.807) is 24.3 Å². The molecule has 0 aliphatic rings. The zero-order valence-electron chi connectivity index (χ0n) is 12.9. The number of hydrogen-bond donors (Lipinski definition) is 0. The first-order valence-corrected chi connectivity index (χ1v) is 7.24. The average Bonchev–Trinajstić information content (AvgIpc) is 2.58. The number of aromatic nitrogens is 3. The summed E-state index contributed by atoms with van der Waals surface area (Å²) < 4.78 is 19.4. The maximum absolute atomic E-state index is 13.0. The lowest BCUT2D eigenvalue weighted by atomic mass is 10.1. The molecule has 0 saturated carbocycles. The number of aryl methyl sites for hydroxylation is 1. The summed E-state index contributed by atoms with van der Waals surface area (Å²) in [5.41, 5.74) is 0.685. The Bertz CT molecular complexity index is 969. The lowest BCUT2D eigenvalue weighted by molar-refractivity contribution is -0.144. The van der Waals surface area contributed by atoms with Crippen LogP contribution in [0.5, 0.6) is 0 Å². The third kappa shape index (κ3) is 3.29. The fourth-order valence-corrected chi connectivity index (χ4v) is 2.39. The molecule has 0 saturated heterocycles. The number of esters is 1. The Kier molecular flexibility index (Phi) is 4.33. The van der Waals surface area contributed by atoms with Crippen molar-refractivity contribution < 1.29 is 13.9 Å². The summed E-state index contributed by atoms with van der Waals surface area (Å²) in [5, 5.41) is 5.25. The van der Waals surface area contributed by atoms with Crippen LogP contribution in [-0.4, -0.2) is 20.7 Å². The van der Waals surface area contributed by atoms with E-state index in [9.17, 15) is 14.0 Å². The molecule has 122 valence electrons. The molecule has 0 bridgehead atoms. The molecule has 3 aromatic rings. The highest BCUT2D eigenvalue weighted by molar-refractivity contribution is 5.86. The van der Waals surface area contributed by atoms with Crippen LogP contribution < -0.4 is 5.56 Å². The molecule has 0 spiro atoms. The van der Waals surface area contributed by atoms with E-state index in [4.69, 9.17) is 4.74 Å². The van der Waals surface area contributed by atoms with E-state index in [0.29, 0.717) is 22.0 Å². The summed E-state index contributed by atoms with van der Waals surface area (Å²) in [5.74, 6) is -1.01. The van der Waals surface area contributed by atoms with Gasteiger partial charge in [0.2, 0.25) is 0 Å². The van der Waals surface area contributed by atoms with Gasteiger partial charge in [0.25, 0.3) is 5.56 Å². The van der Waals surface area contributed by atoms with Gasteiger partial charge in [-0.2, -0.15) is 5.10 Å². The molecular formula is C17H14FN3O3. The van der Waals surface area contributed by atoms with E-state index < -0.39 is 11.8 Å². The number of rotatable bonds is 4. The number of benzene rings is 1. The van der Waals surface area contributed by atoms with Gasteiger partial charge in [-0.05, 0) is 12.1 Å². The van der Waals surface area contributed by atoms with Crippen molar-refractivity contribution in [2.75, 3.05) is 0 Å². The Morgan fingerprint density at radius 3 is 2.75 bits per heavy atom. The average molecular weight is 327 g/mol. The third-order valence-electron chi connectivity index (χ3n) is 3.51. The second-order valence-electron chi connectivity index (χ2n) is 5.27. The normalized spacial score (nSPS) is 10.8. The van der Waals surface area contributed by atoms with Crippen molar-refractivity contribution in [3.8, 4) is 0 Å². The lowest BCUT2D eigenvalue weighted by Gasteiger charge is -2.08. The van der Waals surface area contributed by atoms with E-state index in [0.717, 1.165) is 6.20 Å². The van der Waals surface area contributed by atoms with Gasteiger partial charge >= 0.3 is 5.97 Å². The molecule has 0 unspecified atom stereocenters. The first-order chi connectivity index (χ1) is 11.5. The predicted molar refractivity (Wildman–Crippen MR) is 84.7 cm³/mol. The summed E-state index contributed by atoms with van der Waals surface area (Å²) in [6.45, 7) is -0.0761. The Labute approximate surface area is 136 Å². The second-order valence-corrected chi connectivity index (χ2v) is 5.27. The molecule has 6 nitrogen and oxygen atoms in total. The van der Waals surface area contributed by atoms with Crippen molar-refractivity contribution in [1.29, 1.82) is 0 Å². The van der Waals surface area contributed by atoms with Gasteiger partial charge in [0.1, 0.15) is 12.4 Å². The van der Waals surface area contributed by atoms with E-state index in [1.165, 1.54) is 24.0 Å². The van der Waals surface area contributed by atoms with Gasteiger partial charge in [0, 0.05) is 24.2 Å². The SMILES string of the molecule is Cn1nc(CC(=O)OCc2cncc(F)c2)c2ccccc2c1=O. The van der Waals surface area contributed by atoms with Crippen LogP contribution in [0, 0.1) is 5.82 Å². The van der Waals surface area contributed by atoms with Gasteiger partial charge in [-0.1, -0.05) is 18.2 Å². The summed E-state index contributed by atoms with van der Waals surface area (Å²) in [6.07, 6.45) is 2.42. The quantitative estimate of drug-likeness (QED) is 0.683. The first-order valence-electron chi connectivity index (χ1n) is 7.24. The zero-order valence-corrected chi connectivity index (χ0v) is 12.9. The first kappa shape index (κ1) is 15.8. The highest BCUT2D eigenvalue weighted by Gasteiger charge is 2.13. The van der Waals surface area contributed by atoms with Gasteiger partial charge in [-0.3, -0.25) is 14.6 Å². The van der Waals surface area contributed by atoms with Crippen LogP contribution in [-0.2, 0) is 29.6 Å². The Hall–Kier alpha value is -3.09. The van der Waals surface area contributed by atoms with Gasteiger partial charge in [-0.15, -0.1) is 0 Å². The second kappa shape index (κ2) is 6.57. The summed E-state index contributed by atoms with van der Waals surface area (Å²) >= 11 is 0. The fourth-order valence-electron chi connectivity index (χ4n) is 2.39. The van der Waals surface area contributed by atoms with Crippen LogP contribution in [0.25, 0.3) is 10.8 Å². The zero-order chi connectivity index (χ0) is 17.1. The summed E-state index contributed by atoms with van der Waals surface area (Å²) in [6, 6.07) is 8.20. The summed E-state index contributed by atoms with van der Waals surface area (Å²) in [7, 11) is 1.53. The van der Waals surface area contributed by atoms with Crippen LogP contribution in [0.3, 0.4) is 0 Å². The molecule has 2 heterocycles. The number of fused-ring (bicyclic) bond motifs is 1. The van der Waals surface area contributed by atoms with Crippen LogP contribution >= 0.6 is 0 Å². The molecular weight excluding hydrogens is 313 g/mol. The predicted octanol–water partition coefficient (Wildman–Crippen LogP) is 1.75. The Morgan fingerprint density at radius 1 is 1.25 bits per heavy atom. The topological polar surface area (TPSA) is 74.1 Å². The van der Waals surface area contributed by atoms with Crippen LogP contribution in [0.2, 0.25) is 0 Å². The maximum Gasteiger partial charge on any atom is 0.312 e. The number of ether oxygens (including phenoxy) is 1. The molecule has 0 aliphatic carbocycles. The molecule has 2 aromatic heterocycles. The van der Waals surface area contributed by atoms with Crippen LogP contribution in [0.15, 0.2) is 47.5 Å². The molecule has 0 radical (unpaired) electrons. The molecule has 0 amide bonds. The van der Waals surface area contributed by atoms with Gasteiger partial charge in [0.05, 0.1) is 23.7 Å². The van der Waals surface area contributed by atoms with Crippen molar-refractivity contribution in [3.63, 3.8) is 0 Å². The molecule has 7 heteroatoms. The minimum absolute atomic E-state index is 0.0761. The van der Waals surface area contributed by atoms with E-state index in [-0.39, 0.29) is 18.6 Å². The van der Waals surface area contributed by atoms with Crippen molar-refractivity contribution in [1.82, 2.24) is 14.8 Å². The van der Waals surface area contributed by atoms with Crippen LogP contribution in [0.1, 0.15) is 11.3 Å². The van der Waals surface area contributed by atoms with E-state index >= 15 is 0 Å². The Morgan fingerprint density at radius 2 is 2.00 bits per heavy atom. The lowest BCUT2D eigenvalue weighted by Crippen LogP contribution is -2.22. The number of nitrogens with zero attached hydrogens (tertiary/aromatic N) is 3. The maximum atomic E-state index is 13.0. The van der Waals surface area contributed by atoms with Crippen molar-refractivity contribution in [2.24, 2.45) is 7.05 Å². The number of hydrogen-bond acceptors (Lipinski definition) is 5. The smallest absolute Gasteiger partial charge is 0.312 e. The van der Waals surface area contributed by atoms with Gasteiger partial charge < -0.3 is 4.74 Å². The largest absolute Gasteiger partial charge is 0.460 e. The molecule has 0 fully saturated rings. The number of carbonyl (C=O) groups is 1. The highest BCUT2D eigenvalue weighted by Crippen LogP contribution is 2.14.